The van der Waals surface area contributed by atoms with E-state index < -0.39 is 0 Å². The highest BCUT2D eigenvalue weighted by molar-refractivity contribution is 7.10. The van der Waals surface area contributed by atoms with Crippen LogP contribution in [-0.2, 0) is 4.74 Å². The summed E-state index contributed by atoms with van der Waals surface area (Å²) < 4.78 is 10.6. The van der Waals surface area contributed by atoms with Crippen LogP contribution in [0.25, 0.3) is 0 Å². The summed E-state index contributed by atoms with van der Waals surface area (Å²) in [6.07, 6.45) is 1.72. The predicted octanol–water partition coefficient (Wildman–Crippen LogP) is 2.95. The zero-order chi connectivity index (χ0) is 16.8. The molecule has 1 aliphatic heterocycles. The topological polar surface area (TPSA) is 54.3 Å². The van der Waals surface area contributed by atoms with Crippen molar-refractivity contribution in [2.24, 2.45) is 4.99 Å². The lowest BCUT2D eigenvalue weighted by atomic mass is 10.1. The minimum atomic E-state index is 0.128. The van der Waals surface area contributed by atoms with Gasteiger partial charge in [-0.05, 0) is 23.6 Å². The number of morpholine rings is 1. The largest absolute Gasteiger partial charge is 0.504 e. The molecular formula is C18H22N2O3S. The maximum atomic E-state index is 10.1. The second kappa shape index (κ2) is 8.28. The molecule has 0 spiro atoms. The molecule has 1 aliphatic rings. The summed E-state index contributed by atoms with van der Waals surface area (Å²) in [4.78, 5) is 8.32. The standard InChI is InChI=1S/C18H22N2O3S/c1-22-16-5-2-4-14(18(16)21)12-19-13-15(17-6-3-11-24-17)20-7-9-23-10-8-20/h2-6,11-12,15,21H,7-10,13H2,1H3/t15-/m0/s1. The summed E-state index contributed by atoms with van der Waals surface area (Å²) in [6, 6.07) is 9.89. The first-order valence-electron chi connectivity index (χ1n) is 8.00. The third-order valence-electron chi connectivity index (χ3n) is 4.12. The van der Waals surface area contributed by atoms with Crippen LogP contribution in [0, 0.1) is 0 Å². The Labute approximate surface area is 146 Å². The van der Waals surface area contributed by atoms with Gasteiger partial charge in [-0.15, -0.1) is 11.3 Å². The van der Waals surface area contributed by atoms with Gasteiger partial charge in [0, 0.05) is 29.7 Å². The van der Waals surface area contributed by atoms with Crippen molar-refractivity contribution in [3.63, 3.8) is 0 Å². The average molecular weight is 346 g/mol. The Morgan fingerprint density at radius 1 is 1.33 bits per heavy atom. The van der Waals surface area contributed by atoms with Crippen molar-refractivity contribution in [3.05, 3.63) is 46.2 Å². The summed E-state index contributed by atoms with van der Waals surface area (Å²) in [5.41, 5.74) is 0.668. The van der Waals surface area contributed by atoms with Gasteiger partial charge in [-0.1, -0.05) is 12.1 Å². The minimum absolute atomic E-state index is 0.128. The van der Waals surface area contributed by atoms with Crippen molar-refractivity contribution in [1.29, 1.82) is 0 Å². The van der Waals surface area contributed by atoms with Gasteiger partial charge in [0.05, 0.1) is 32.9 Å². The van der Waals surface area contributed by atoms with Crippen molar-refractivity contribution in [1.82, 2.24) is 4.90 Å². The Kier molecular flexibility index (Phi) is 5.85. The van der Waals surface area contributed by atoms with E-state index in [1.54, 1.807) is 30.7 Å². The zero-order valence-corrected chi connectivity index (χ0v) is 14.5. The molecule has 6 heteroatoms. The average Bonchev–Trinajstić information content (AvgIpc) is 3.15. The van der Waals surface area contributed by atoms with E-state index in [2.05, 4.69) is 27.4 Å². The molecule has 1 N–H and O–H groups in total. The molecule has 0 saturated carbocycles. The number of aromatic hydroxyl groups is 1. The van der Waals surface area contributed by atoms with Crippen LogP contribution in [0.5, 0.6) is 11.5 Å². The van der Waals surface area contributed by atoms with Crippen LogP contribution in [0.3, 0.4) is 0 Å². The number of phenolic OH excluding ortho intramolecular Hbond substituents is 1. The molecule has 3 rings (SSSR count). The van der Waals surface area contributed by atoms with E-state index in [1.165, 1.54) is 4.88 Å². The molecule has 24 heavy (non-hydrogen) atoms. The SMILES string of the molecule is COc1cccc(C=NC[C@@H](c2cccs2)N2CCOCC2)c1O. The summed E-state index contributed by atoms with van der Waals surface area (Å²) in [7, 11) is 1.54. The van der Waals surface area contributed by atoms with Crippen molar-refractivity contribution >= 4 is 17.6 Å². The minimum Gasteiger partial charge on any atom is -0.504 e. The number of nitrogens with zero attached hydrogens (tertiary/aromatic N) is 2. The van der Waals surface area contributed by atoms with E-state index in [4.69, 9.17) is 9.47 Å². The van der Waals surface area contributed by atoms with Gasteiger partial charge >= 0.3 is 0 Å². The van der Waals surface area contributed by atoms with Gasteiger partial charge in [-0.2, -0.15) is 0 Å². The van der Waals surface area contributed by atoms with E-state index in [0.29, 0.717) is 17.9 Å². The van der Waals surface area contributed by atoms with Crippen molar-refractivity contribution in [2.75, 3.05) is 40.0 Å². The fraction of sp³-hybridized carbons (Fsp3) is 0.389. The van der Waals surface area contributed by atoms with Crippen LogP contribution in [-0.4, -0.2) is 56.2 Å². The molecule has 2 heterocycles. The third kappa shape index (κ3) is 3.95. The molecule has 1 aromatic carbocycles. The molecule has 1 aromatic heterocycles. The van der Waals surface area contributed by atoms with E-state index in [1.807, 2.05) is 12.1 Å². The van der Waals surface area contributed by atoms with Gasteiger partial charge in [0.15, 0.2) is 11.5 Å². The third-order valence-corrected chi connectivity index (χ3v) is 5.09. The molecule has 1 atom stereocenters. The summed E-state index contributed by atoms with van der Waals surface area (Å²) >= 11 is 1.75. The van der Waals surface area contributed by atoms with Crippen molar-refractivity contribution in [2.45, 2.75) is 6.04 Å². The molecule has 0 amide bonds. The molecule has 0 bridgehead atoms. The first-order chi connectivity index (χ1) is 11.8. The molecule has 0 radical (unpaired) electrons. The second-order valence-corrected chi connectivity index (χ2v) is 6.55. The van der Waals surface area contributed by atoms with Gasteiger partial charge in [0.2, 0.25) is 0 Å². The maximum absolute atomic E-state index is 10.1. The number of aliphatic imine (C=N–C) groups is 1. The Hall–Kier alpha value is -1.89. The predicted molar refractivity (Wildman–Crippen MR) is 96.6 cm³/mol. The normalized spacial score (nSPS) is 17.2. The lowest BCUT2D eigenvalue weighted by Crippen LogP contribution is -2.39. The first kappa shape index (κ1) is 17.0. The van der Waals surface area contributed by atoms with E-state index >= 15 is 0 Å². The number of phenols is 1. The highest BCUT2D eigenvalue weighted by atomic mass is 32.1. The molecule has 0 aliphatic carbocycles. The highest BCUT2D eigenvalue weighted by Crippen LogP contribution is 2.29. The number of rotatable bonds is 6. The number of hydrogen-bond acceptors (Lipinski definition) is 6. The van der Waals surface area contributed by atoms with Gasteiger partial charge in [-0.3, -0.25) is 9.89 Å². The molecular weight excluding hydrogens is 324 g/mol. The van der Waals surface area contributed by atoms with Gasteiger partial charge in [-0.25, -0.2) is 0 Å². The summed E-state index contributed by atoms with van der Waals surface area (Å²) in [5, 5.41) is 12.2. The van der Waals surface area contributed by atoms with Crippen LogP contribution in [0.2, 0.25) is 0 Å². The Morgan fingerprint density at radius 2 is 2.17 bits per heavy atom. The molecule has 5 nitrogen and oxygen atoms in total. The number of ether oxygens (including phenoxy) is 2. The Balaban J connectivity index is 1.73. The van der Waals surface area contributed by atoms with Crippen LogP contribution < -0.4 is 4.74 Å². The summed E-state index contributed by atoms with van der Waals surface area (Å²) in [5.74, 6) is 0.588. The van der Waals surface area contributed by atoms with Crippen LogP contribution >= 0.6 is 11.3 Å². The van der Waals surface area contributed by atoms with Crippen molar-refractivity contribution in [3.8, 4) is 11.5 Å². The van der Waals surface area contributed by atoms with E-state index in [9.17, 15) is 5.11 Å². The zero-order valence-electron chi connectivity index (χ0n) is 13.7. The number of methoxy groups -OCH3 is 1. The smallest absolute Gasteiger partial charge is 0.166 e. The number of hydrogen-bond donors (Lipinski definition) is 1. The van der Waals surface area contributed by atoms with Gasteiger partial charge in [0.1, 0.15) is 0 Å². The Morgan fingerprint density at radius 3 is 2.88 bits per heavy atom. The molecule has 128 valence electrons. The molecule has 1 saturated heterocycles. The fourth-order valence-electron chi connectivity index (χ4n) is 2.81. The lowest BCUT2D eigenvalue weighted by Gasteiger charge is -2.33. The second-order valence-electron chi connectivity index (χ2n) is 5.57. The monoisotopic (exact) mass is 346 g/mol. The highest BCUT2D eigenvalue weighted by Gasteiger charge is 2.22. The maximum Gasteiger partial charge on any atom is 0.166 e. The van der Waals surface area contributed by atoms with Crippen LogP contribution in [0.4, 0.5) is 0 Å². The van der Waals surface area contributed by atoms with E-state index in [-0.39, 0.29) is 11.8 Å². The fourth-order valence-corrected chi connectivity index (χ4v) is 3.67. The lowest BCUT2D eigenvalue weighted by molar-refractivity contribution is 0.0187. The first-order valence-corrected chi connectivity index (χ1v) is 8.88. The quantitative estimate of drug-likeness (QED) is 0.817. The number of thiophene rings is 1. The van der Waals surface area contributed by atoms with Gasteiger partial charge in [0.25, 0.3) is 0 Å². The Bertz CT molecular complexity index is 667. The van der Waals surface area contributed by atoms with Crippen LogP contribution in [0.15, 0.2) is 40.7 Å². The molecule has 0 unspecified atom stereocenters. The van der Waals surface area contributed by atoms with Crippen molar-refractivity contribution < 1.29 is 14.6 Å². The number of benzene rings is 1. The van der Waals surface area contributed by atoms with E-state index in [0.717, 1.165) is 26.3 Å². The molecule has 1 fully saturated rings. The number of para-hydroxylation sites is 1. The van der Waals surface area contributed by atoms with Gasteiger partial charge < -0.3 is 14.6 Å². The summed E-state index contributed by atoms with van der Waals surface area (Å²) in [6.45, 7) is 4.02. The molecule has 2 aromatic rings. The van der Waals surface area contributed by atoms with Crippen LogP contribution in [0.1, 0.15) is 16.5 Å².